The molecule has 7 heteroatoms. The number of aromatic nitrogens is 2. The van der Waals surface area contributed by atoms with Gasteiger partial charge in [-0.25, -0.2) is 4.79 Å². The van der Waals surface area contributed by atoms with Crippen molar-refractivity contribution >= 4 is 24.6 Å². The summed E-state index contributed by atoms with van der Waals surface area (Å²) in [5.74, 6) is 1.01. The summed E-state index contributed by atoms with van der Waals surface area (Å²) in [7, 11) is 0. The minimum atomic E-state index is -0.397. The Hall–Kier alpha value is -1.50. The molecule has 1 atom stereocenters. The van der Waals surface area contributed by atoms with E-state index in [9.17, 15) is 9.59 Å². The number of anilines is 1. The minimum Gasteiger partial charge on any atom is -0.337 e. The highest BCUT2D eigenvalue weighted by atomic mass is 32.1. The van der Waals surface area contributed by atoms with Gasteiger partial charge in [0.05, 0.1) is 0 Å². The number of urea groups is 1. The number of nitrogens with one attached hydrogen (secondary N) is 3. The standard InChI is InChI=1S/C14H24N4O2S/c1-3-5-6-10(4-2)11-9-12(19)17-13(16-11)18-14(20)15-7-8-21/h9-10,21H,3-8H2,1-2H3,(H3,15,16,17,18,19,20). The van der Waals surface area contributed by atoms with Crippen molar-refractivity contribution in [2.75, 3.05) is 17.6 Å². The van der Waals surface area contributed by atoms with Crippen LogP contribution in [0.25, 0.3) is 0 Å². The second-order valence-corrected chi connectivity index (χ2v) is 5.32. The summed E-state index contributed by atoms with van der Waals surface area (Å²) < 4.78 is 0. The number of hydrogen-bond donors (Lipinski definition) is 4. The molecule has 1 aromatic heterocycles. The number of nitrogens with zero attached hydrogens (tertiary/aromatic N) is 1. The highest BCUT2D eigenvalue weighted by Gasteiger charge is 2.12. The third-order valence-electron chi connectivity index (χ3n) is 3.23. The van der Waals surface area contributed by atoms with Crippen molar-refractivity contribution in [1.82, 2.24) is 15.3 Å². The lowest BCUT2D eigenvalue weighted by atomic mass is 9.96. The topological polar surface area (TPSA) is 86.9 Å². The summed E-state index contributed by atoms with van der Waals surface area (Å²) in [4.78, 5) is 30.1. The molecule has 0 radical (unpaired) electrons. The number of aromatic amines is 1. The second kappa shape index (κ2) is 9.44. The molecule has 3 N–H and O–H groups in total. The highest BCUT2D eigenvalue weighted by molar-refractivity contribution is 7.80. The van der Waals surface area contributed by atoms with Gasteiger partial charge in [-0.3, -0.25) is 10.1 Å². The number of unbranched alkanes of at least 4 members (excludes halogenated alkanes) is 1. The molecule has 1 heterocycles. The maximum Gasteiger partial charge on any atom is 0.321 e. The summed E-state index contributed by atoms with van der Waals surface area (Å²) in [6.45, 7) is 4.68. The highest BCUT2D eigenvalue weighted by Crippen LogP contribution is 2.23. The normalized spacial score (nSPS) is 12.0. The summed E-state index contributed by atoms with van der Waals surface area (Å²) >= 11 is 4.01. The van der Waals surface area contributed by atoms with Crippen LogP contribution in [-0.4, -0.2) is 28.3 Å². The van der Waals surface area contributed by atoms with Gasteiger partial charge in [0.2, 0.25) is 5.95 Å². The summed E-state index contributed by atoms with van der Waals surface area (Å²) in [5.41, 5.74) is 0.485. The first kappa shape index (κ1) is 17.6. The first-order chi connectivity index (χ1) is 10.1. The van der Waals surface area contributed by atoms with Crippen LogP contribution in [0.2, 0.25) is 0 Å². The molecule has 0 aliphatic rings. The monoisotopic (exact) mass is 312 g/mol. The van der Waals surface area contributed by atoms with E-state index in [0.717, 1.165) is 31.4 Å². The Balaban J connectivity index is 2.83. The van der Waals surface area contributed by atoms with Crippen molar-refractivity contribution in [3.05, 3.63) is 22.1 Å². The van der Waals surface area contributed by atoms with Gasteiger partial charge in [0.25, 0.3) is 5.56 Å². The lowest BCUT2D eigenvalue weighted by Crippen LogP contribution is -2.31. The fourth-order valence-corrected chi connectivity index (χ4v) is 2.22. The van der Waals surface area contributed by atoms with Gasteiger partial charge in [0.15, 0.2) is 0 Å². The molecular formula is C14H24N4O2S. The number of amides is 2. The Labute approximate surface area is 130 Å². The Bertz CT molecular complexity index is 504. The molecule has 0 aromatic carbocycles. The molecule has 0 saturated carbocycles. The van der Waals surface area contributed by atoms with Crippen LogP contribution in [0.4, 0.5) is 10.7 Å². The average Bonchev–Trinajstić information content (AvgIpc) is 2.45. The maximum atomic E-state index is 11.7. The van der Waals surface area contributed by atoms with Crippen molar-refractivity contribution in [3.63, 3.8) is 0 Å². The molecule has 6 nitrogen and oxygen atoms in total. The number of carbonyl (C=O) groups excluding carboxylic acids is 1. The third-order valence-corrected chi connectivity index (χ3v) is 3.46. The van der Waals surface area contributed by atoms with Crippen molar-refractivity contribution in [2.24, 2.45) is 0 Å². The van der Waals surface area contributed by atoms with E-state index in [2.05, 4.69) is 47.1 Å². The van der Waals surface area contributed by atoms with Crippen LogP contribution in [-0.2, 0) is 0 Å². The van der Waals surface area contributed by atoms with E-state index in [-0.39, 0.29) is 17.4 Å². The van der Waals surface area contributed by atoms with Gasteiger partial charge >= 0.3 is 6.03 Å². The van der Waals surface area contributed by atoms with Gasteiger partial charge in [-0.1, -0.05) is 26.7 Å². The Morgan fingerprint density at radius 3 is 2.86 bits per heavy atom. The Morgan fingerprint density at radius 1 is 1.48 bits per heavy atom. The van der Waals surface area contributed by atoms with Crippen LogP contribution in [0.3, 0.4) is 0 Å². The van der Waals surface area contributed by atoms with E-state index >= 15 is 0 Å². The molecule has 0 saturated heterocycles. The second-order valence-electron chi connectivity index (χ2n) is 4.88. The molecule has 0 bridgehead atoms. The minimum absolute atomic E-state index is 0.184. The zero-order valence-electron chi connectivity index (χ0n) is 12.6. The summed E-state index contributed by atoms with van der Waals surface area (Å²) in [6.07, 6.45) is 4.17. The number of H-pyrrole nitrogens is 1. The van der Waals surface area contributed by atoms with Crippen LogP contribution in [0, 0.1) is 0 Å². The van der Waals surface area contributed by atoms with Crippen molar-refractivity contribution in [2.45, 2.75) is 45.4 Å². The van der Waals surface area contributed by atoms with Crippen LogP contribution in [0.1, 0.15) is 51.1 Å². The van der Waals surface area contributed by atoms with E-state index in [1.807, 2.05) is 0 Å². The van der Waals surface area contributed by atoms with Gasteiger partial charge in [-0.05, 0) is 18.8 Å². The zero-order chi connectivity index (χ0) is 15.7. The summed E-state index contributed by atoms with van der Waals surface area (Å²) in [5, 5.41) is 5.15. The quantitative estimate of drug-likeness (QED) is 0.556. The molecular weight excluding hydrogens is 288 g/mol. The number of rotatable bonds is 8. The molecule has 1 rings (SSSR count). The molecule has 0 fully saturated rings. The van der Waals surface area contributed by atoms with Gasteiger partial charge < -0.3 is 10.3 Å². The molecule has 0 spiro atoms. The maximum absolute atomic E-state index is 11.7. The first-order valence-electron chi connectivity index (χ1n) is 7.37. The smallest absolute Gasteiger partial charge is 0.321 e. The van der Waals surface area contributed by atoms with Crippen molar-refractivity contribution < 1.29 is 4.79 Å². The van der Waals surface area contributed by atoms with Crippen LogP contribution >= 0.6 is 12.6 Å². The fraction of sp³-hybridized carbons (Fsp3) is 0.643. The molecule has 21 heavy (non-hydrogen) atoms. The van der Waals surface area contributed by atoms with E-state index < -0.39 is 6.03 Å². The van der Waals surface area contributed by atoms with E-state index in [1.54, 1.807) is 0 Å². The lowest BCUT2D eigenvalue weighted by Gasteiger charge is -2.15. The SMILES string of the molecule is CCCCC(CC)c1cc(=O)nc(NC(=O)NCCS)[nH]1. The number of hydrogen-bond acceptors (Lipinski definition) is 4. The largest absolute Gasteiger partial charge is 0.337 e. The Kier molecular flexibility index (Phi) is 7.89. The van der Waals surface area contributed by atoms with Crippen molar-refractivity contribution in [3.8, 4) is 0 Å². The van der Waals surface area contributed by atoms with Crippen molar-refractivity contribution in [1.29, 1.82) is 0 Å². The first-order valence-corrected chi connectivity index (χ1v) is 8.00. The van der Waals surface area contributed by atoms with Gasteiger partial charge in [0, 0.05) is 24.1 Å². The number of carbonyl (C=O) groups is 1. The fourth-order valence-electron chi connectivity index (χ4n) is 2.11. The van der Waals surface area contributed by atoms with E-state index in [1.165, 1.54) is 6.07 Å². The van der Waals surface area contributed by atoms with Crippen LogP contribution in [0.5, 0.6) is 0 Å². The van der Waals surface area contributed by atoms with Gasteiger partial charge in [-0.15, -0.1) is 0 Å². The molecule has 0 aliphatic heterocycles. The molecule has 118 valence electrons. The molecule has 2 amide bonds. The predicted molar refractivity (Wildman–Crippen MR) is 88.3 cm³/mol. The molecule has 1 aromatic rings. The molecule has 0 aliphatic carbocycles. The zero-order valence-corrected chi connectivity index (χ0v) is 13.5. The third kappa shape index (κ3) is 6.20. The van der Waals surface area contributed by atoms with Crippen LogP contribution < -0.4 is 16.2 Å². The number of thiol groups is 1. The lowest BCUT2D eigenvalue weighted by molar-refractivity contribution is 0.252. The predicted octanol–water partition coefficient (Wildman–Crippen LogP) is 2.51. The summed E-state index contributed by atoms with van der Waals surface area (Å²) in [6, 6.07) is 1.12. The van der Waals surface area contributed by atoms with Gasteiger partial charge in [-0.2, -0.15) is 17.6 Å². The van der Waals surface area contributed by atoms with Gasteiger partial charge in [0.1, 0.15) is 0 Å². The van der Waals surface area contributed by atoms with Crippen LogP contribution in [0.15, 0.2) is 10.9 Å². The molecule has 1 unspecified atom stereocenters. The Morgan fingerprint density at radius 2 is 2.24 bits per heavy atom. The van der Waals surface area contributed by atoms with E-state index in [0.29, 0.717) is 12.3 Å². The average molecular weight is 312 g/mol. The van der Waals surface area contributed by atoms with E-state index in [4.69, 9.17) is 0 Å².